The molecule has 2 aromatic heterocycles. The van der Waals surface area contributed by atoms with Crippen molar-refractivity contribution < 1.29 is 0 Å². The van der Waals surface area contributed by atoms with Gasteiger partial charge in [0.25, 0.3) is 0 Å². The van der Waals surface area contributed by atoms with Crippen molar-refractivity contribution in [2.75, 3.05) is 0 Å². The van der Waals surface area contributed by atoms with E-state index in [2.05, 4.69) is 191 Å². The summed E-state index contributed by atoms with van der Waals surface area (Å²) in [6.07, 6.45) is 4.23. The van der Waals surface area contributed by atoms with E-state index in [9.17, 15) is 0 Å². The van der Waals surface area contributed by atoms with Crippen molar-refractivity contribution in [2.24, 2.45) is 4.99 Å². The first kappa shape index (κ1) is 28.4. The largest absolute Gasteiger partial charge is 0.357 e. The molecule has 1 aliphatic rings. The molecule has 0 aliphatic carbocycles. The highest BCUT2D eigenvalue weighted by atomic mass is 15.1. The summed E-state index contributed by atoms with van der Waals surface area (Å²) in [6, 6.07) is 60.6. The average Bonchev–Trinajstić information content (AvgIpc) is 3.77. The summed E-state index contributed by atoms with van der Waals surface area (Å²) in [4.78, 5) is 5.05. The molecule has 0 saturated heterocycles. The fourth-order valence-corrected chi connectivity index (χ4v) is 7.75. The molecule has 50 heavy (non-hydrogen) atoms. The van der Waals surface area contributed by atoms with Crippen molar-refractivity contribution in [3.8, 4) is 16.8 Å². The summed E-state index contributed by atoms with van der Waals surface area (Å²) >= 11 is 0. The Morgan fingerprint density at radius 1 is 0.520 bits per heavy atom. The highest BCUT2D eigenvalue weighted by Crippen LogP contribution is 2.44. The molecule has 3 heterocycles. The van der Waals surface area contributed by atoms with Crippen LogP contribution in [0.3, 0.4) is 0 Å². The van der Waals surface area contributed by atoms with Crippen molar-refractivity contribution in [3.05, 3.63) is 193 Å². The van der Waals surface area contributed by atoms with Gasteiger partial charge in [0.05, 0.1) is 34.5 Å². The van der Waals surface area contributed by atoms with Crippen LogP contribution in [0.5, 0.6) is 0 Å². The zero-order chi connectivity index (χ0) is 33.0. The number of para-hydroxylation sites is 2. The van der Waals surface area contributed by atoms with Crippen LogP contribution in [0.4, 0.5) is 0 Å². The van der Waals surface area contributed by atoms with Gasteiger partial charge in [-0.25, -0.2) is 4.99 Å². The molecule has 7 aromatic carbocycles. The Morgan fingerprint density at radius 3 is 2.00 bits per heavy atom. The van der Waals surface area contributed by atoms with Crippen LogP contribution in [-0.4, -0.2) is 15.0 Å². The molecule has 0 saturated carbocycles. The number of rotatable bonds is 5. The minimum atomic E-state index is -0.114. The molecular formula is C46H32N4. The first-order chi connectivity index (χ1) is 24.8. The van der Waals surface area contributed by atoms with Gasteiger partial charge in [0.15, 0.2) is 0 Å². The molecule has 4 nitrogen and oxygen atoms in total. The van der Waals surface area contributed by atoms with Gasteiger partial charge in [0.2, 0.25) is 0 Å². The molecule has 1 atom stereocenters. The predicted molar refractivity (Wildman–Crippen MR) is 209 cm³/mol. The van der Waals surface area contributed by atoms with Crippen molar-refractivity contribution >= 4 is 55.0 Å². The second kappa shape index (κ2) is 11.5. The predicted octanol–water partition coefficient (Wildman–Crippen LogP) is 11.1. The topological polar surface area (TPSA) is 34.2 Å². The number of nitrogens with zero attached hydrogens (tertiary/aromatic N) is 3. The number of nitrogens with one attached hydrogen (secondary N) is 1. The van der Waals surface area contributed by atoms with Crippen LogP contribution in [-0.2, 0) is 0 Å². The molecule has 236 valence electrons. The van der Waals surface area contributed by atoms with E-state index in [0.29, 0.717) is 0 Å². The minimum Gasteiger partial charge on any atom is -0.357 e. The number of hydrogen-bond acceptors (Lipinski definition) is 2. The second-order valence-electron chi connectivity index (χ2n) is 12.9. The van der Waals surface area contributed by atoms with Gasteiger partial charge in [0.1, 0.15) is 5.84 Å². The molecule has 4 heteroatoms. The van der Waals surface area contributed by atoms with Crippen molar-refractivity contribution in [2.45, 2.75) is 6.04 Å². The van der Waals surface area contributed by atoms with Crippen LogP contribution >= 0.6 is 0 Å². The Hall–Kier alpha value is -6.65. The van der Waals surface area contributed by atoms with Gasteiger partial charge in [-0.2, -0.15) is 0 Å². The SMILES string of the molecule is C1=C(n2c3ccccc3c3cc(-c4ccc5c(ccn5-c5ccccc5)c4)c4ccccc4c32)C(c2ccccc2)NC(c2ccccc2)=N1. The molecule has 1 aliphatic heterocycles. The van der Waals surface area contributed by atoms with Gasteiger partial charge in [-0.1, -0.05) is 127 Å². The summed E-state index contributed by atoms with van der Waals surface area (Å²) in [5.74, 6) is 0.868. The first-order valence-electron chi connectivity index (χ1n) is 17.1. The Balaban J connectivity index is 1.22. The minimum absolute atomic E-state index is 0.114. The van der Waals surface area contributed by atoms with Gasteiger partial charge < -0.3 is 14.5 Å². The average molecular weight is 641 g/mol. The zero-order valence-electron chi connectivity index (χ0n) is 27.2. The van der Waals surface area contributed by atoms with Crippen LogP contribution in [0.1, 0.15) is 17.2 Å². The summed E-state index contributed by atoms with van der Waals surface area (Å²) in [5.41, 5.74) is 10.5. The maximum Gasteiger partial charge on any atom is 0.134 e. The zero-order valence-corrected chi connectivity index (χ0v) is 27.2. The molecule has 0 amide bonds. The third-order valence-electron chi connectivity index (χ3n) is 10.1. The van der Waals surface area contributed by atoms with Crippen LogP contribution in [0.25, 0.3) is 66.0 Å². The van der Waals surface area contributed by atoms with Crippen LogP contribution in [0.15, 0.2) is 187 Å². The van der Waals surface area contributed by atoms with E-state index >= 15 is 0 Å². The van der Waals surface area contributed by atoms with E-state index in [1.54, 1.807) is 0 Å². The maximum atomic E-state index is 5.05. The standard InChI is InChI=1S/C46H32N4/c1-4-14-31(15-5-1)44-43(30-47-46(48-44)32-16-6-2-7-17-32)50-42-23-13-12-21-37(42)40-29-39(36-20-10-11-22-38(36)45(40)50)33-24-25-41-34(28-33)26-27-49(41)35-18-8-3-9-19-35/h1-30,44H,(H,47,48). The molecule has 0 fully saturated rings. The third kappa shape index (κ3) is 4.50. The number of benzene rings is 7. The maximum absolute atomic E-state index is 5.05. The lowest BCUT2D eigenvalue weighted by Crippen LogP contribution is -2.33. The highest BCUT2D eigenvalue weighted by Gasteiger charge is 2.27. The summed E-state index contributed by atoms with van der Waals surface area (Å²) in [6.45, 7) is 0. The fourth-order valence-electron chi connectivity index (χ4n) is 7.75. The van der Waals surface area contributed by atoms with Gasteiger partial charge in [0, 0.05) is 39.0 Å². The van der Waals surface area contributed by atoms with Crippen molar-refractivity contribution in [1.82, 2.24) is 14.5 Å². The van der Waals surface area contributed by atoms with Gasteiger partial charge in [-0.15, -0.1) is 0 Å². The van der Waals surface area contributed by atoms with Crippen LogP contribution in [0, 0.1) is 0 Å². The molecule has 1 unspecified atom stereocenters. The van der Waals surface area contributed by atoms with Gasteiger partial charge in [-0.05, 0) is 64.5 Å². The van der Waals surface area contributed by atoms with E-state index in [1.807, 2.05) is 6.07 Å². The number of amidine groups is 1. The number of aliphatic imine (C=N–C) groups is 1. The van der Waals surface area contributed by atoms with Gasteiger partial charge in [-0.3, -0.25) is 0 Å². The van der Waals surface area contributed by atoms with Crippen LogP contribution < -0.4 is 5.32 Å². The smallest absolute Gasteiger partial charge is 0.134 e. The third-order valence-corrected chi connectivity index (χ3v) is 10.1. The van der Waals surface area contributed by atoms with Crippen molar-refractivity contribution in [1.29, 1.82) is 0 Å². The fraction of sp³-hybridized carbons (Fsp3) is 0.0217. The number of aromatic nitrogens is 2. The number of fused-ring (bicyclic) bond motifs is 6. The van der Waals surface area contributed by atoms with E-state index in [0.717, 1.165) is 28.3 Å². The molecule has 9 aromatic rings. The van der Waals surface area contributed by atoms with E-state index in [4.69, 9.17) is 4.99 Å². The Labute approximate surface area is 289 Å². The van der Waals surface area contributed by atoms with Gasteiger partial charge >= 0.3 is 0 Å². The normalized spacial score (nSPS) is 14.6. The summed E-state index contributed by atoms with van der Waals surface area (Å²) in [7, 11) is 0. The van der Waals surface area contributed by atoms with Crippen LogP contribution in [0.2, 0.25) is 0 Å². The molecule has 0 bridgehead atoms. The lowest BCUT2D eigenvalue weighted by atomic mass is 9.94. The summed E-state index contributed by atoms with van der Waals surface area (Å²) < 4.78 is 4.70. The first-order valence-corrected chi connectivity index (χ1v) is 17.1. The molecule has 10 rings (SSSR count). The van der Waals surface area contributed by atoms with Crippen molar-refractivity contribution in [3.63, 3.8) is 0 Å². The molecular weight excluding hydrogens is 609 g/mol. The Bertz CT molecular complexity index is 2770. The van der Waals surface area contributed by atoms with E-state index in [-0.39, 0.29) is 6.04 Å². The molecule has 0 spiro atoms. The lowest BCUT2D eigenvalue weighted by molar-refractivity contribution is 0.762. The molecule has 0 radical (unpaired) electrons. The van der Waals surface area contributed by atoms with E-state index in [1.165, 1.54) is 54.7 Å². The second-order valence-corrected chi connectivity index (χ2v) is 12.9. The highest BCUT2D eigenvalue weighted by molar-refractivity contribution is 6.23. The number of hydrogen-bond donors (Lipinski definition) is 1. The quantitative estimate of drug-likeness (QED) is 0.200. The monoisotopic (exact) mass is 640 g/mol. The molecule has 1 N–H and O–H groups in total. The summed E-state index contributed by atoms with van der Waals surface area (Å²) in [5, 5.41) is 9.92. The Morgan fingerprint density at radius 2 is 1.20 bits per heavy atom. The van der Waals surface area contributed by atoms with E-state index < -0.39 is 0 Å². The lowest BCUT2D eigenvalue weighted by Gasteiger charge is -2.29. The Kier molecular flexibility index (Phi) is 6.53.